The number of benzene rings is 2. The van der Waals surface area contributed by atoms with Crippen LogP contribution in [0.1, 0.15) is 18.1 Å². The van der Waals surface area contributed by atoms with Crippen LogP contribution in [0.15, 0.2) is 60.7 Å². The van der Waals surface area contributed by atoms with Crippen LogP contribution in [-0.2, 0) is 27.5 Å². The van der Waals surface area contributed by atoms with Crippen molar-refractivity contribution in [3.8, 4) is 0 Å². The summed E-state index contributed by atoms with van der Waals surface area (Å²) < 4.78 is 11.1. The Balaban J connectivity index is 1.86. The lowest BCUT2D eigenvalue weighted by atomic mass is 10.2. The largest absolute Gasteiger partial charge is 0.341 e. The summed E-state index contributed by atoms with van der Waals surface area (Å²) in [5, 5.41) is 0. The number of ketones is 1. The first kappa shape index (κ1) is 14.4. The van der Waals surface area contributed by atoms with Crippen LogP contribution >= 0.6 is 0 Å². The zero-order valence-electron chi connectivity index (χ0n) is 11.5. The van der Waals surface area contributed by atoms with Crippen LogP contribution in [0.3, 0.4) is 0 Å². The van der Waals surface area contributed by atoms with E-state index < -0.39 is 6.29 Å². The molecule has 0 heterocycles. The van der Waals surface area contributed by atoms with E-state index in [0.717, 1.165) is 11.1 Å². The van der Waals surface area contributed by atoms with Crippen molar-refractivity contribution in [2.24, 2.45) is 0 Å². The van der Waals surface area contributed by atoms with Gasteiger partial charge in [0.15, 0.2) is 5.78 Å². The molecule has 0 unspecified atom stereocenters. The minimum absolute atomic E-state index is 0.128. The topological polar surface area (TPSA) is 35.5 Å². The maximum Gasteiger partial charge on any atom is 0.218 e. The molecule has 0 amide bonds. The Morgan fingerprint density at radius 3 is 1.60 bits per heavy atom. The molecule has 0 aliphatic rings. The van der Waals surface area contributed by atoms with Gasteiger partial charge in [0.25, 0.3) is 0 Å². The third kappa shape index (κ3) is 4.61. The van der Waals surface area contributed by atoms with Crippen molar-refractivity contribution in [2.45, 2.75) is 26.4 Å². The quantitative estimate of drug-likeness (QED) is 0.724. The molecule has 0 aliphatic carbocycles. The van der Waals surface area contributed by atoms with E-state index in [1.165, 1.54) is 6.92 Å². The van der Waals surface area contributed by atoms with Crippen LogP contribution in [0.5, 0.6) is 0 Å². The van der Waals surface area contributed by atoms with Crippen molar-refractivity contribution in [2.75, 3.05) is 0 Å². The Morgan fingerprint density at radius 1 is 0.850 bits per heavy atom. The highest BCUT2D eigenvalue weighted by Gasteiger charge is 2.15. The molecule has 0 atom stereocenters. The highest BCUT2D eigenvalue weighted by atomic mass is 16.7. The van der Waals surface area contributed by atoms with E-state index in [1.54, 1.807) is 0 Å². The van der Waals surface area contributed by atoms with Crippen molar-refractivity contribution >= 4 is 5.78 Å². The van der Waals surface area contributed by atoms with Crippen LogP contribution in [0.25, 0.3) is 0 Å². The van der Waals surface area contributed by atoms with Crippen molar-refractivity contribution in [3.63, 3.8) is 0 Å². The lowest BCUT2D eigenvalue weighted by Gasteiger charge is -2.16. The molecule has 0 bridgehead atoms. The summed E-state index contributed by atoms with van der Waals surface area (Å²) in [5.41, 5.74) is 2.03. The SMILES string of the molecule is CC(=O)C(OCc1ccccc1)OCc1ccccc1. The van der Waals surface area contributed by atoms with Gasteiger partial charge in [0.1, 0.15) is 0 Å². The maximum absolute atomic E-state index is 11.5. The number of Topliss-reactive ketones (excluding diaryl/α,β-unsaturated/α-hetero) is 1. The summed E-state index contributed by atoms with van der Waals surface area (Å²) in [6.07, 6.45) is -0.824. The molecule has 0 saturated carbocycles. The Morgan fingerprint density at radius 2 is 1.25 bits per heavy atom. The van der Waals surface area contributed by atoms with Crippen LogP contribution in [0, 0.1) is 0 Å². The molecule has 104 valence electrons. The fourth-order valence-electron chi connectivity index (χ4n) is 1.78. The minimum Gasteiger partial charge on any atom is -0.341 e. The van der Waals surface area contributed by atoms with Crippen molar-refractivity contribution in [1.29, 1.82) is 0 Å². The van der Waals surface area contributed by atoms with E-state index in [0.29, 0.717) is 13.2 Å². The molecule has 0 radical (unpaired) electrons. The Labute approximate surface area is 119 Å². The lowest BCUT2D eigenvalue weighted by Crippen LogP contribution is -2.25. The fourth-order valence-corrected chi connectivity index (χ4v) is 1.78. The maximum atomic E-state index is 11.5. The van der Waals surface area contributed by atoms with Gasteiger partial charge in [-0.2, -0.15) is 0 Å². The summed E-state index contributed by atoms with van der Waals surface area (Å²) >= 11 is 0. The predicted molar refractivity (Wildman–Crippen MR) is 76.9 cm³/mol. The first-order chi connectivity index (χ1) is 9.75. The third-order valence-corrected chi connectivity index (χ3v) is 2.82. The predicted octanol–water partition coefficient (Wildman–Crippen LogP) is 3.34. The van der Waals surface area contributed by atoms with Crippen LogP contribution in [0.2, 0.25) is 0 Å². The van der Waals surface area contributed by atoms with Gasteiger partial charge in [-0.25, -0.2) is 0 Å². The summed E-state index contributed by atoms with van der Waals surface area (Å²) in [4.78, 5) is 11.5. The van der Waals surface area contributed by atoms with Crippen molar-refractivity contribution in [3.05, 3.63) is 71.8 Å². The lowest BCUT2D eigenvalue weighted by molar-refractivity contribution is -0.175. The van der Waals surface area contributed by atoms with E-state index in [4.69, 9.17) is 9.47 Å². The normalized spacial score (nSPS) is 10.7. The van der Waals surface area contributed by atoms with Gasteiger partial charge in [-0.1, -0.05) is 60.7 Å². The van der Waals surface area contributed by atoms with Gasteiger partial charge in [-0.15, -0.1) is 0 Å². The number of ether oxygens (including phenoxy) is 2. The second kappa shape index (κ2) is 7.58. The zero-order chi connectivity index (χ0) is 14.2. The number of rotatable bonds is 7. The monoisotopic (exact) mass is 270 g/mol. The molecular weight excluding hydrogens is 252 g/mol. The highest BCUT2D eigenvalue weighted by molar-refractivity contribution is 5.79. The van der Waals surface area contributed by atoms with Gasteiger partial charge < -0.3 is 9.47 Å². The van der Waals surface area contributed by atoms with E-state index in [2.05, 4.69) is 0 Å². The van der Waals surface area contributed by atoms with E-state index >= 15 is 0 Å². The molecular formula is C17H18O3. The van der Waals surface area contributed by atoms with E-state index in [-0.39, 0.29) is 5.78 Å². The molecule has 0 saturated heterocycles. The molecule has 2 rings (SSSR count). The van der Waals surface area contributed by atoms with Gasteiger partial charge in [-0.3, -0.25) is 4.79 Å². The summed E-state index contributed by atoms with van der Waals surface area (Å²) in [6.45, 7) is 2.19. The molecule has 3 nitrogen and oxygen atoms in total. The van der Waals surface area contributed by atoms with Gasteiger partial charge in [-0.05, 0) is 18.1 Å². The summed E-state index contributed by atoms with van der Waals surface area (Å²) in [5.74, 6) is -0.128. The molecule has 0 aromatic heterocycles. The van der Waals surface area contributed by atoms with Gasteiger partial charge in [0.05, 0.1) is 13.2 Å². The van der Waals surface area contributed by atoms with E-state index in [1.807, 2.05) is 60.7 Å². The second-order valence-corrected chi connectivity index (χ2v) is 4.54. The molecule has 2 aromatic rings. The second-order valence-electron chi connectivity index (χ2n) is 4.54. The molecule has 0 spiro atoms. The van der Waals surface area contributed by atoms with Crippen LogP contribution in [-0.4, -0.2) is 12.1 Å². The summed E-state index contributed by atoms with van der Waals surface area (Å²) in [7, 11) is 0. The fraction of sp³-hybridized carbons (Fsp3) is 0.235. The molecule has 0 N–H and O–H groups in total. The third-order valence-electron chi connectivity index (χ3n) is 2.82. The Hall–Kier alpha value is -1.97. The van der Waals surface area contributed by atoms with Crippen molar-refractivity contribution in [1.82, 2.24) is 0 Å². The van der Waals surface area contributed by atoms with Crippen LogP contribution < -0.4 is 0 Å². The first-order valence-corrected chi connectivity index (χ1v) is 6.57. The standard InChI is InChI=1S/C17H18O3/c1-14(18)17(19-12-15-8-4-2-5-9-15)20-13-16-10-6-3-7-11-16/h2-11,17H,12-13H2,1H3. The molecule has 0 aliphatic heterocycles. The number of carbonyl (C=O) groups excluding carboxylic acids is 1. The molecule has 2 aromatic carbocycles. The van der Waals surface area contributed by atoms with Gasteiger partial charge in [0, 0.05) is 0 Å². The van der Waals surface area contributed by atoms with Gasteiger partial charge >= 0.3 is 0 Å². The summed E-state index contributed by atoms with van der Waals surface area (Å²) in [6, 6.07) is 19.4. The molecule has 20 heavy (non-hydrogen) atoms. The number of carbonyl (C=O) groups is 1. The molecule has 0 fully saturated rings. The average Bonchev–Trinajstić information content (AvgIpc) is 2.49. The Bertz CT molecular complexity index is 479. The highest BCUT2D eigenvalue weighted by Crippen LogP contribution is 2.08. The number of hydrogen-bond acceptors (Lipinski definition) is 3. The average molecular weight is 270 g/mol. The van der Waals surface area contributed by atoms with E-state index in [9.17, 15) is 4.79 Å². The number of hydrogen-bond donors (Lipinski definition) is 0. The van der Waals surface area contributed by atoms with Gasteiger partial charge in [0.2, 0.25) is 6.29 Å². The Kier molecular flexibility index (Phi) is 5.47. The minimum atomic E-state index is -0.824. The zero-order valence-corrected chi connectivity index (χ0v) is 11.5. The smallest absolute Gasteiger partial charge is 0.218 e. The van der Waals surface area contributed by atoms with Crippen molar-refractivity contribution < 1.29 is 14.3 Å². The first-order valence-electron chi connectivity index (χ1n) is 6.57. The van der Waals surface area contributed by atoms with Crippen LogP contribution in [0.4, 0.5) is 0 Å². The molecule has 3 heteroatoms.